The first-order valence-electron chi connectivity index (χ1n) is 8.30. The molecule has 24 heavy (non-hydrogen) atoms. The van der Waals surface area contributed by atoms with Crippen LogP contribution in [-0.2, 0) is 5.54 Å². The van der Waals surface area contributed by atoms with Gasteiger partial charge in [0.15, 0.2) is 5.54 Å². The average Bonchev–Trinajstić information content (AvgIpc) is 3.03. The van der Waals surface area contributed by atoms with Crippen LogP contribution in [0.2, 0.25) is 0 Å². The van der Waals surface area contributed by atoms with Gasteiger partial charge in [-0.05, 0) is 30.2 Å². The third-order valence-electron chi connectivity index (χ3n) is 4.79. The number of nitrogens with zero attached hydrogens (tertiary/aromatic N) is 4. The first-order valence-corrected chi connectivity index (χ1v) is 9.25. The molecule has 0 bridgehead atoms. The lowest BCUT2D eigenvalue weighted by molar-refractivity contribution is 0.0918. The summed E-state index contributed by atoms with van der Waals surface area (Å²) in [7, 11) is 0. The summed E-state index contributed by atoms with van der Waals surface area (Å²) in [6.07, 6.45) is 5.31. The lowest BCUT2D eigenvalue weighted by atomic mass is 9.92. The fraction of sp³-hybridized carbons (Fsp3) is 0.529. The van der Waals surface area contributed by atoms with Crippen molar-refractivity contribution in [1.29, 1.82) is 5.26 Å². The molecule has 3 rings (SSSR count). The average molecular weight is 343 g/mol. The Morgan fingerprint density at radius 3 is 2.79 bits per heavy atom. The molecule has 1 amide bonds. The number of hydrogen-bond acceptors (Lipinski definition) is 5. The van der Waals surface area contributed by atoms with E-state index in [1.54, 1.807) is 4.68 Å². The maximum atomic E-state index is 12.5. The van der Waals surface area contributed by atoms with Crippen LogP contribution in [0.3, 0.4) is 0 Å². The molecule has 6 nitrogen and oxygen atoms in total. The van der Waals surface area contributed by atoms with Gasteiger partial charge in [0.05, 0.1) is 23.9 Å². The second-order valence-corrected chi connectivity index (χ2v) is 7.05. The van der Waals surface area contributed by atoms with Crippen molar-refractivity contribution in [3.8, 4) is 6.07 Å². The Balaban J connectivity index is 1.85. The molecule has 1 fully saturated rings. The van der Waals surface area contributed by atoms with Crippen molar-refractivity contribution < 1.29 is 4.79 Å². The molecule has 0 aromatic carbocycles. The van der Waals surface area contributed by atoms with Gasteiger partial charge in [0.1, 0.15) is 5.69 Å². The molecule has 0 radical (unpaired) electrons. The molecule has 1 atom stereocenters. The van der Waals surface area contributed by atoms with E-state index in [-0.39, 0.29) is 17.9 Å². The normalized spacial score (nSPS) is 16.6. The minimum Gasteiger partial charge on any atom is -0.343 e. The van der Waals surface area contributed by atoms with E-state index in [2.05, 4.69) is 35.5 Å². The smallest absolute Gasteiger partial charge is 0.252 e. The maximum absolute atomic E-state index is 12.5. The number of hydrogen-bond donors (Lipinski definition) is 1. The molecule has 7 heteroatoms. The SMILES string of the molecule is CCC(CC)[C@H](NC(=O)c1ccsc1)c1cn(C2(C#N)CC2)nn1. The van der Waals surface area contributed by atoms with Gasteiger partial charge in [0, 0.05) is 5.38 Å². The minimum atomic E-state index is -0.527. The van der Waals surface area contributed by atoms with E-state index in [9.17, 15) is 10.1 Å². The Hall–Kier alpha value is -2.20. The van der Waals surface area contributed by atoms with Crippen LogP contribution in [0.15, 0.2) is 23.0 Å². The van der Waals surface area contributed by atoms with E-state index < -0.39 is 5.54 Å². The Kier molecular flexibility index (Phi) is 4.67. The molecule has 1 aliphatic carbocycles. The largest absolute Gasteiger partial charge is 0.343 e. The molecule has 2 heterocycles. The van der Waals surface area contributed by atoms with Gasteiger partial charge in [-0.15, -0.1) is 5.10 Å². The highest BCUT2D eigenvalue weighted by Gasteiger charge is 2.47. The maximum Gasteiger partial charge on any atom is 0.252 e. The van der Waals surface area contributed by atoms with Crippen LogP contribution in [0.1, 0.15) is 61.6 Å². The van der Waals surface area contributed by atoms with Crippen LogP contribution in [0.5, 0.6) is 0 Å². The molecule has 126 valence electrons. The van der Waals surface area contributed by atoms with Crippen molar-refractivity contribution in [2.75, 3.05) is 0 Å². The Morgan fingerprint density at radius 2 is 2.25 bits per heavy atom. The van der Waals surface area contributed by atoms with Gasteiger partial charge < -0.3 is 5.32 Å². The number of rotatable bonds is 7. The van der Waals surface area contributed by atoms with E-state index in [1.807, 2.05) is 23.0 Å². The number of amides is 1. The monoisotopic (exact) mass is 343 g/mol. The molecule has 0 unspecified atom stereocenters. The van der Waals surface area contributed by atoms with Crippen molar-refractivity contribution in [2.45, 2.75) is 51.1 Å². The van der Waals surface area contributed by atoms with Crippen LogP contribution in [0, 0.1) is 17.2 Å². The Labute approximate surface area is 145 Å². The Morgan fingerprint density at radius 1 is 1.50 bits per heavy atom. The predicted molar refractivity (Wildman–Crippen MR) is 91.4 cm³/mol. The van der Waals surface area contributed by atoms with Crippen molar-refractivity contribution in [3.63, 3.8) is 0 Å². The number of carbonyl (C=O) groups is 1. The number of nitriles is 1. The third-order valence-corrected chi connectivity index (χ3v) is 5.47. The van der Waals surface area contributed by atoms with E-state index in [0.717, 1.165) is 31.4 Å². The van der Waals surface area contributed by atoms with E-state index >= 15 is 0 Å². The fourth-order valence-electron chi connectivity index (χ4n) is 2.95. The Bertz CT molecular complexity index is 737. The molecule has 0 spiro atoms. The molecule has 0 saturated heterocycles. The van der Waals surface area contributed by atoms with Crippen LogP contribution < -0.4 is 5.32 Å². The molecule has 1 saturated carbocycles. The van der Waals surface area contributed by atoms with Crippen molar-refractivity contribution in [1.82, 2.24) is 20.3 Å². The number of carbonyl (C=O) groups excluding carboxylic acids is 1. The molecule has 2 aromatic heterocycles. The standard InChI is InChI=1S/C17H21N5OS/c1-3-12(4-2)15(19-16(23)13-5-8-24-10-13)14-9-22(21-20-14)17(11-18)6-7-17/h5,8-10,12,15H,3-4,6-7H2,1-2H3,(H,19,23)/t15-/m0/s1. The molecule has 2 aromatic rings. The van der Waals surface area contributed by atoms with Crippen molar-refractivity contribution >= 4 is 17.2 Å². The van der Waals surface area contributed by atoms with Gasteiger partial charge in [-0.3, -0.25) is 4.79 Å². The highest BCUT2D eigenvalue weighted by Crippen LogP contribution is 2.42. The third kappa shape index (κ3) is 3.06. The first-order chi connectivity index (χ1) is 11.6. The molecule has 1 aliphatic rings. The summed E-state index contributed by atoms with van der Waals surface area (Å²) in [6, 6.07) is 3.93. The van der Waals surface area contributed by atoms with Crippen molar-refractivity contribution in [2.24, 2.45) is 5.92 Å². The summed E-state index contributed by atoms with van der Waals surface area (Å²) in [5.74, 6) is 0.180. The number of nitrogens with one attached hydrogen (secondary N) is 1. The lowest BCUT2D eigenvalue weighted by Crippen LogP contribution is -2.33. The molecular formula is C17H21N5OS. The fourth-order valence-corrected chi connectivity index (χ4v) is 3.59. The molecule has 1 N–H and O–H groups in total. The van der Waals surface area contributed by atoms with Gasteiger partial charge in [-0.25, -0.2) is 4.68 Å². The van der Waals surface area contributed by atoms with Crippen LogP contribution >= 0.6 is 11.3 Å². The van der Waals surface area contributed by atoms with Crippen LogP contribution in [0.25, 0.3) is 0 Å². The van der Waals surface area contributed by atoms with Crippen LogP contribution in [0.4, 0.5) is 0 Å². The zero-order valence-electron chi connectivity index (χ0n) is 13.9. The van der Waals surface area contributed by atoms with E-state index in [4.69, 9.17) is 0 Å². The van der Waals surface area contributed by atoms with E-state index in [0.29, 0.717) is 5.56 Å². The van der Waals surface area contributed by atoms with Gasteiger partial charge in [-0.1, -0.05) is 31.9 Å². The zero-order valence-corrected chi connectivity index (χ0v) is 14.7. The predicted octanol–water partition coefficient (Wildman–Crippen LogP) is 3.26. The summed E-state index contributed by atoms with van der Waals surface area (Å²) < 4.78 is 1.66. The number of aromatic nitrogens is 3. The first kappa shape index (κ1) is 16.7. The van der Waals surface area contributed by atoms with Gasteiger partial charge in [0.25, 0.3) is 5.91 Å². The summed E-state index contributed by atoms with van der Waals surface area (Å²) >= 11 is 1.50. The van der Waals surface area contributed by atoms with Gasteiger partial charge >= 0.3 is 0 Å². The zero-order chi connectivity index (χ0) is 17.2. The summed E-state index contributed by atoms with van der Waals surface area (Å²) in [5, 5.41) is 24.6. The highest BCUT2D eigenvalue weighted by molar-refractivity contribution is 7.08. The number of thiophene rings is 1. The van der Waals surface area contributed by atoms with Crippen LogP contribution in [-0.4, -0.2) is 20.9 Å². The molecular weight excluding hydrogens is 322 g/mol. The second-order valence-electron chi connectivity index (χ2n) is 6.27. The highest BCUT2D eigenvalue weighted by atomic mass is 32.1. The summed E-state index contributed by atoms with van der Waals surface area (Å²) in [6.45, 7) is 4.22. The summed E-state index contributed by atoms with van der Waals surface area (Å²) in [5.41, 5.74) is 0.869. The minimum absolute atomic E-state index is 0.0934. The quantitative estimate of drug-likeness (QED) is 0.836. The van der Waals surface area contributed by atoms with Gasteiger partial charge in [-0.2, -0.15) is 16.6 Å². The second kappa shape index (κ2) is 6.73. The van der Waals surface area contributed by atoms with Gasteiger partial charge in [0.2, 0.25) is 0 Å². The summed E-state index contributed by atoms with van der Waals surface area (Å²) in [4.78, 5) is 12.5. The van der Waals surface area contributed by atoms with Crippen molar-refractivity contribution in [3.05, 3.63) is 34.3 Å². The lowest BCUT2D eigenvalue weighted by Gasteiger charge is -2.24. The molecule has 0 aliphatic heterocycles. The van der Waals surface area contributed by atoms with E-state index in [1.165, 1.54) is 11.3 Å². The topological polar surface area (TPSA) is 83.6 Å².